The maximum atomic E-state index is 11.9. The fraction of sp³-hybridized carbons (Fsp3) is 0.667. The van der Waals surface area contributed by atoms with Crippen LogP contribution in [0.25, 0.3) is 0 Å². The Hall–Kier alpha value is -1.39. The van der Waals surface area contributed by atoms with Gasteiger partial charge in [-0.1, -0.05) is 36.8 Å². The minimum atomic E-state index is -0.0877. The zero-order valence-electron chi connectivity index (χ0n) is 15.5. The van der Waals surface area contributed by atoms with E-state index in [1.807, 2.05) is 13.0 Å². The first-order chi connectivity index (χ1) is 12.3. The van der Waals surface area contributed by atoms with E-state index in [-0.39, 0.29) is 12.3 Å². The molecule has 1 saturated heterocycles. The molecule has 0 radical (unpaired) electrons. The fourth-order valence-corrected chi connectivity index (χ4v) is 3.27. The molecule has 0 amide bonds. The van der Waals surface area contributed by atoms with Crippen molar-refractivity contribution >= 4 is 5.97 Å². The molecule has 1 fully saturated rings. The van der Waals surface area contributed by atoms with Gasteiger partial charge in [-0.3, -0.25) is 4.79 Å². The first-order valence-corrected chi connectivity index (χ1v) is 9.70. The highest BCUT2D eigenvalue weighted by Crippen LogP contribution is 2.20. The molecule has 2 atom stereocenters. The van der Waals surface area contributed by atoms with Crippen LogP contribution in [0.5, 0.6) is 0 Å². The normalized spacial score (nSPS) is 18.7. The summed E-state index contributed by atoms with van der Waals surface area (Å²) in [4.78, 5) is 11.9. The van der Waals surface area contributed by atoms with Crippen LogP contribution in [0.2, 0.25) is 0 Å². The summed E-state index contributed by atoms with van der Waals surface area (Å²) < 4.78 is 16.5. The van der Waals surface area contributed by atoms with Gasteiger partial charge in [0.05, 0.1) is 6.61 Å². The van der Waals surface area contributed by atoms with Gasteiger partial charge < -0.3 is 14.2 Å². The first-order valence-electron chi connectivity index (χ1n) is 9.70. The van der Waals surface area contributed by atoms with Crippen molar-refractivity contribution in [2.24, 2.45) is 5.92 Å². The van der Waals surface area contributed by atoms with E-state index >= 15 is 0 Å². The van der Waals surface area contributed by atoms with Crippen LogP contribution in [0.3, 0.4) is 0 Å². The maximum Gasteiger partial charge on any atom is 0.306 e. The first kappa shape index (κ1) is 19.9. The summed E-state index contributed by atoms with van der Waals surface area (Å²) in [7, 11) is 0. The highest BCUT2D eigenvalue weighted by atomic mass is 16.7. The molecule has 1 heterocycles. The largest absolute Gasteiger partial charge is 0.466 e. The summed E-state index contributed by atoms with van der Waals surface area (Å²) >= 11 is 0. The number of carbonyl (C=O) groups excluding carboxylic acids is 1. The number of esters is 1. The van der Waals surface area contributed by atoms with E-state index in [9.17, 15) is 4.79 Å². The number of carbonyl (C=O) groups is 1. The molecule has 0 saturated carbocycles. The Morgan fingerprint density at radius 3 is 2.80 bits per heavy atom. The van der Waals surface area contributed by atoms with Gasteiger partial charge in [-0.2, -0.15) is 0 Å². The van der Waals surface area contributed by atoms with Gasteiger partial charge in [0.15, 0.2) is 6.29 Å². The number of hydrogen-bond acceptors (Lipinski definition) is 4. The van der Waals surface area contributed by atoms with Gasteiger partial charge in [0, 0.05) is 19.6 Å². The third kappa shape index (κ3) is 8.50. The van der Waals surface area contributed by atoms with Crippen LogP contribution in [-0.4, -0.2) is 32.1 Å². The molecule has 1 aliphatic rings. The Morgan fingerprint density at radius 1 is 1.24 bits per heavy atom. The Labute approximate surface area is 151 Å². The molecule has 0 bridgehead atoms. The predicted molar refractivity (Wildman–Crippen MR) is 98.3 cm³/mol. The van der Waals surface area contributed by atoms with Crippen LogP contribution >= 0.6 is 0 Å². The van der Waals surface area contributed by atoms with Crippen LogP contribution in [0, 0.1) is 5.92 Å². The molecule has 1 aliphatic heterocycles. The van der Waals surface area contributed by atoms with Gasteiger partial charge in [-0.15, -0.1) is 0 Å². The van der Waals surface area contributed by atoms with Crippen molar-refractivity contribution < 1.29 is 19.0 Å². The van der Waals surface area contributed by atoms with Gasteiger partial charge in [0.2, 0.25) is 0 Å². The molecule has 2 unspecified atom stereocenters. The van der Waals surface area contributed by atoms with Crippen molar-refractivity contribution in [3.05, 3.63) is 35.9 Å². The molecule has 0 aliphatic carbocycles. The van der Waals surface area contributed by atoms with E-state index in [4.69, 9.17) is 14.2 Å². The van der Waals surface area contributed by atoms with Crippen LogP contribution < -0.4 is 0 Å². The summed E-state index contributed by atoms with van der Waals surface area (Å²) in [5.41, 5.74) is 1.28. The molecule has 0 N–H and O–H groups in total. The monoisotopic (exact) mass is 348 g/mol. The predicted octanol–water partition coefficient (Wildman–Crippen LogP) is 4.51. The molecule has 2 rings (SSSR count). The van der Waals surface area contributed by atoms with Crippen molar-refractivity contribution in [2.75, 3.05) is 19.8 Å². The molecule has 140 valence electrons. The number of benzene rings is 1. The Balaban J connectivity index is 1.70. The van der Waals surface area contributed by atoms with Crippen LogP contribution in [0.1, 0.15) is 57.4 Å². The molecule has 0 spiro atoms. The Bertz CT molecular complexity index is 468. The lowest BCUT2D eigenvalue weighted by atomic mass is 9.91. The minimum absolute atomic E-state index is 0.00611. The molecule has 1 aromatic rings. The van der Waals surface area contributed by atoms with E-state index < -0.39 is 0 Å². The molecule has 1 aromatic carbocycles. The van der Waals surface area contributed by atoms with Crippen molar-refractivity contribution in [1.82, 2.24) is 0 Å². The summed E-state index contributed by atoms with van der Waals surface area (Å²) in [5.74, 6) is 0.239. The number of rotatable bonds is 11. The molecule has 0 aromatic heterocycles. The van der Waals surface area contributed by atoms with Gasteiger partial charge in [-0.25, -0.2) is 0 Å². The Kier molecular flexibility index (Phi) is 9.60. The SMILES string of the molecule is CCOC(=O)CC(CCCCOC1CCCCO1)Cc1ccccc1. The summed E-state index contributed by atoms with van der Waals surface area (Å²) in [6.07, 6.45) is 7.85. The summed E-state index contributed by atoms with van der Waals surface area (Å²) in [6, 6.07) is 10.4. The smallest absolute Gasteiger partial charge is 0.306 e. The maximum absolute atomic E-state index is 11.9. The summed E-state index contributed by atoms with van der Waals surface area (Å²) in [6.45, 7) is 3.87. The topological polar surface area (TPSA) is 44.8 Å². The second kappa shape index (κ2) is 12.0. The molecular formula is C21H32O4. The highest BCUT2D eigenvalue weighted by Gasteiger charge is 2.16. The van der Waals surface area contributed by atoms with Crippen LogP contribution in [0.15, 0.2) is 30.3 Å². The number of ether oxygens (including phenoxy) is 3. The van der Waals surface area contributed by atoms with Gasteiger partial charge in [0.25, 0.3) is 0 Å². The lowest BCUT2D eigenvalue weighted by Gasteiger charge is -2.22. The van der Waals surface area contributed by atoms with Crippen molar-refractivity contribution in [3.8, 4) is 0 Å². The second-order valence-electron chi connectivity index (χ2n) is 6.73. The molecule has 25 heavy (non-hydrogen) atoms. The molecule has 4 heteroatoms. The van der Waals surface area contributed by atoms with Crippen LogP contribution in [0.4, 0.5) is 0 Å². The third-order valence-electron chi connectivity index (χ3n) is 4.58. The number of hydrogen-bond donors (Lipinski definition) is 0. The average Bonchev–Trinajstić information content (AvgIpc) is 2.63. The summed E-state index contributed by atoms with van der Waals surface area (Å²) in [5, 5.41) is 0. The van der Waals surface area contributed by atoms with Gasteiger partial charge in [0.1, 0.15) is 0 Å². The van der Waals surface area contributed by atoms with E-state index in [2.05, 4.69) is 24.3 Å². The standard InChI is InChI=1S/C21H32O4/c1-2-23-20(22)17-19(16-18-10-4-3-5-11-18)12-6-8-14-24-21-13-7-9-15-25-21/h3-5,10-11,19,21H,2,6-9,12-17H2,1H3. The van der Waals surface area contributed by atoms with E-state index in [0.29, 0.717) is 18.9 Å². The second-order valence-corrected chi connectivity index (χ2v) is 6.73. The van der Waals surface area contributed by atoms with Crippen molar-refractivity contribution in [3.63, 3.8) is 0 Å². The lowest BCUT2D eigenvalue weighted by molar-refractivity contribution is -0.162. The van der Waals surface area contributed by atoms with E-state index in [0.717, 1.165) is 51.7 Å². The van der Waals surface area contributed by atoms with Gasteiger partial charge in [-0.05, 0) is 56.9 Å². The highest BCUT2D eigenvalue weighted by molar-refractivity contribution is 5.69. The fourth-order valence-electron chi connectivity index (χ4n) is 3.27. The molecular weight excluding hydrogens is 316 g/mol. The Morgan fingerprint density at radius 2 is 2.08 bits per heavy atom. The zero-order valence-corrected chi connectivity index (χ0v) is 15.5. The lowest BCUT2D eigenvalue weighted by Crippen LogP contribution is -2.22. The van der Waals surface area contributed by atoms with E-state index in [1.54, 1.807) is 0 Å². The van der Waals surface area contributed by atoms with Crippen LogP contribution in [-0.2, 0) is 25.4 Å². The number of unbranched alkanes of at least 4 members (excludes halogenated alkanes) is 1. The average molecular weight is 348 g/mol. The van der Waals surface area contributed by atoms with Gasteiger partial charge >= 0.3 is 5.97 Å². The van der Waals surface area contributed by atoms with Crippen molar-refractivity contribution in [1.29, 1.82) is 0 Å². The van der Waals surface area contributed by atoms with Crippen molar-refractivity contribution in [2.45, 2.75) is 64.6 Å². The quantitative estimate of drug-likeness (QED) is 0.436. The zero-order chi connectivity index (χ0) is 17.7. The van der Waals surface area contributed by atoms with E-state index in [1.165, 1.54) is 12.0 Å². The third-order valence-corrected chi connectivity index (χ3v) is 4.58. The minimum Gasteiger partial charge on any atom is -0.466 e. The molecule has 4 nitrogen and oxygen atoms in total.